The molecule has 2 heterocycles. The van der Waals surface area contributed by atoms with Gasteiger partial charge in [-0.1, -0.05) is 82.1 Å². The lowest BCUT2D eigenvalue weighted by Gasteiger charge is -2.48. The van der Waals surface area contributed by atoms with Gasteiger partial charge in [0.25, 0.3) is 0 Å². The second-order valence-electron chi connectivity index (χ2n) is 11.7. The predicted octanol–water partition coefficient (Wildman–Crippen LogP) is 4.44. The average molecular weight is 537 g/mol. The van der Waals surface area contributed by atoms with Gasteiger partial charge < -0.3 is 33.5 Å². The molecular weight excluding hydrogens is 492 g/mol. The molecule has 0 spiro atoms. The van der Waals surface area contributed by atoms with E-state index in [-0.39, 0.29) is 6.61 Å². The lowest BCUT2D eigenvalue weighted by Crippen LogP contribution is -2.64. The maximum absolute atomic E-state index is 12.8. The Balaban J connectivity index is 1.53. The number of hydrogen-bond donors (Lipinski definition) is 1. The molecule has 1 aromatic carbocycles. The van der Waals surface area contributed by atoms with Crippen molar-refractivity contribution in [1.82, 2.24) is 0 Å². The zero-order chi connectivity index (χ0) is 26.4. The number of aliphatic hydroxyl groups is 1. The van der Waals surface area contributed by atoms with Gasteiger partial charge in [-0.05, 0) is 18.4 Å². The summed E-state index contributed by atoms with van der Waals surface area (Å²) in [6.07, 6.45) is 0.851. The van der Waals surface area contributed by atoms with Crippen LogP contribution in [0.3, 0.4) is 0 Å². The van der Waals surface area contributed by atoms with Gasteiger partial charge in [-0.2, -0.15) is 0 Å². The fraction of sp³-hybridized carbons (Fsp3) is 0.750. The maximum atomic E-state index is 12.8. The number of rotatable bonds is 10. The first-order chi connectivity index (χ1) is 17.7. The Kier molecular flexibility index (Phi) is 10.2. The van der Waals surface area contributed by atoms with E-state index in [2.05, 4.69) is 19.6 Å². The first-order valence-electron chi connectivity index (χ1n) is 13.8. The van der Waals surface area contributed by atoms with Crippen LogP contribution in [0.5, 0.6) is 0 Å². The van der Waals surface area contributed by atoms with E-state index in [9.17, 15) is 9.90 Å². The van der Waals surface area contributed by atoms with Crippen molar-refractivity contribution in [3.05, 3.63) is 35.9 Å². The normalized spacial score (nSPS) is 31.9. The topological polar surface area (TPSA) is 92.7 Å². The van der Waals surface area contributed by atoms with Crippen molar-refractivity contribution in [2.24, 2.45) is 5.92 Å². The lowest BCUT2D eigenvalue weighted by molar-refractivity contribution is -0.368. The molecule has 3 fully saturated rings. The van der Waals surface area contributed by atoms with Crippen molar-refractivity contribution in [2.45, 2.75) is 107 Å². The Morgan fingerprint density at radius 3 is 2.51 bits per heavy atom. The summed E-state index contributed by atoms with van der Waals surface area (Å²) < 4.78 is 36.1. The first kappa shape index (κ1) is 28.7. The molecule has 1 N–H and O–H groups in total. The van der Waals surface area contributed by atoms with Gasteiger partial charge in [0.1, 0.15) is 24.4 Å². The molecule has 0 bridgehead atoms. The van der Waals surface area contributed by atoms with E-state index >= 15 is 0 Å². The van der Waals surface area contributed by atoms with Crippen LogP contribution in [0.15, 0.2) is 30.3 Å². The van der Waals surface area contributed by atoms with Gasteiger partial charge in [0.05, 0.1) is 13.7 Å². The molecule has 37 heavy (non-hydrogen) atoms. The highest BCUT2D eigenvalue weighted by Gasteiger charge is 2.52. The molecule has 0 amide bonds. The number of methoxy groups -OCH3 is 1. The molecule has 3 aliphatic rings. The van der Waals surface area contributed by atoms with Gasteiger partial charge in [0.15, 0.2) is 18.7 Å². The van der Waals surface area contributed by atoms with Gasteiger partial charge in [0, 0.05) is 20.2 Å². The minimum absolute atomic E-state index is 0.260. The summed E-state index contributed by atoms with van der Waals surface area (Å²) >= 11 is 0. The third kappa shape index (κ3) is 7.85. The molecule has 0 unspecified atom stereocenters. The summed E-state index contributed by atoms with van der Waals surface area (Å²) in [6, 6.07) is 10.6. The number of carbonyl (C=O) groups excluding carboxylic acids is 1. The quantitative estimate of drug-likeness (QED) is 0.347. The molecule has 1 saturated carbocycles. The van der Waals surface area contributed by atoms with Crippen LogP contribution in [0.2, 0.25) is 25.7 Å². The summed E-state index contributed by atoms with van der Waals surface area (Å²) in [5, 5.41) is 11.4. The molecule has 208 valence electrons. The molecule has 0 aromatic heterocycles. The molecule has 7 atom stereocenters. The Bertz CT molecular complexity index is 840. The minimum Gasteiger partial charge on any atom is -0.467 e. The largest absolute Gasteiger partial charge is 0.467 e. The molecule has 2 aliphatic heterocycles. The van der Waals surface area contributed by atoms with E-state index in [1.54, 1.807) is 0 Å². The van der Waals surface area contributed by atoms with E-state index in [4.69, 9.17) is 28.4 Å². The molecule has 1 aliphatic carbocycles. The SMILES string of the molecule is COC(=O)[C@H](CC1CCCCC1)O[C@@H]1[C@@H](O)[C@H](OCC[Si](C)(C)C)O[C@@H]2CO[C@H](c3ccccc3)O[C@H]12. The highest BCUT2D eigenvalue weighted by Crippen LogP contribution is 2.37. The van der Waals surface area contributed by atoms with E-state index in [0.717, 1.165) is 37.3 Å². The van der Waals surface area contributed by atoms with Gasteiger partial charge in [-0.3, -0.25) is 0 Å². The number of hydrogen-bond acceptors (Lipinski definition) is 8. The Morgan fingerprint density at radius 2 is 1.84 bits per heavy atom. The van der Waals surface area contributed by atoms with Crippen LogP contribution in [0.1, 0.15) is 50.4 Å². The zero-order valence-corrected chi connectivity index (χ0v) is 23.7. The monoisotopic (exact) mass is 536 g/mol. The van der Waals surface area contributed by atoms with Crippen LogP contribution in [-0.2, 0) is 33.2 Å². The van der Waals surface area contributed by atoms with Crippen molar-refractivity contribution in [2.75, 3.05) is 20.3 Å². The molecular formula is C28H44O8Si. The standard InChI is InChI=1S/C28H44O8Si/c1-31-26(30)21(17-19-11-7-5-8-12-19)34-25-23(29)28(32-15-16-37(2,3)4)35-22-18-33-27(36-24(22)25)20-13-9-6-10-14-20/h6,9-10,13-14,19,21-25,27-29H,5,7-8,11-12,15-18H2,1-4H3/t21-,22+,23+,24-,25+,27-,28+/m0/s1. The van der Waals surface area contributed by atoms with Crippen molar-refractivity contribution in [3.63, 3.8) is 0 Å². The molecule has 2 saturated heterocycles. The summed E-state index contributed by atoms with van der Waals surface area (Å²) in [7, 11) is 0.0394. The summed E-state index contributed by atoms with van der Waals surface area (Å²) in [5.41, 5.74) is 0.870. The summed E-state index contributed by atoms with van der Waals surface area (Å²) in [4.78, 5) is 12.8. The first-order valence-corrected chi connectivity index (χ1v) is 17.5. The fourth-order valence-corrected chi connectivity index (χ4v) is 6.10. The smallest absolute Gasteiger partial charge is 0.334 e. The average Bonchev–Trinajstić information content (AvgIpc) is 2.90. The van der Waals surface area contributed by atoms with Gasteiger partial charge >= 0.3 is 5.97 Å². The van der Waals surface area contributed by atoms with E-state index in [1.807, 2.05) is 30.3 Å². The lowest BCUT2D eigenvalue weighted by atomic mass is 9.85. The zero-order valence-electron chi connectivity index (χ0n) is 22.7. The summed E-state index contributed by atoms with van der Waals surface area (Å²) in [6.45, 7) is 7.56. The van der Waals surface area contributed by atoms with Crippen molar-refractivity contribution < 1.29 is 38.3 Å². The second-order valence-corrected chi connectivity index (χ2v) is 17.4. The second kappa shape index (κ2) is 13.1. The van der Waals surface area contributed by atoms with Gasteiger partial charge in [-0.25, -0.2) is 4.79 Å². The van der Waals surface area contributed by atoms with Crippen LogP contribution in [-0.4, -0.2) is 76.3 Å². The number of fused-ring (bicyclic) bond motifs is 1. The van der Waals surface area contributed by atoms with Crippen LogP contribution < -0.4 is 0 Å². The van der Waals surface area contributed by atoms with E-state index in [1.165, 1.54) is 13.5 Å². The minimum atomic E-state index is -1.34. The molecule has 9 heteroatoms. The number of aliphatic hydroxyl groups excluding tert-OH is 1. The van der Waals surface area contributed by atoms with Crippen LogP contribution in [0.25, 0.3) is 0 Å². The van der Waals surface area contributed by atoms with Crippen LogP contribution in [0, 0.1) is 5.92 Å². The van der Waals surface area contributed by atoms with Crippen molar-refractivity contribution in [1.29, 1.82) is 0 Å². The number of ether oxygens (including phenoxy) is 6. The Hall–Kier alpha value is -1.33. The third-order valence-electron chi connectivity index (χ3n) is 7.57. The fourth-order valence-electron chi connectivity index (χ4n) is 5.37. The summed E-state index contributed by atoms with van der Waals surface area (Å²) in [5.74, 6) is -0.0363. The van der Waals surface area contributed by atoms with E-state index < -0.39 is 57.1 Å². The molecule has 1 aromatic rings. The van der Waals surface area contributed by atoms with Gasteiger partial charge in [-0.15, -0.1) is 0 Å². The van der Waals surface area contributed by atoms with Gasteiger partial charge in [0.2, 0.25) is 0 Å². The van der Waals surface area contributed by atoms with E-state index in [0.29, 0.717) is 18.9 Å². The molecule has 4 rings (SSSR count). The third-order valence-corrected chi connectivity index (χ3v) is 9.27. The Morgan fingerprint density at radius 1 is 1.11 bits per heavy atom. The molecule has 8 nitrogen and oxygen atoms in total. The van der Waals surface area contributed by atoms with Crippen LogP contribution in [0.4, 0.5) is 0 Å². The highest BCUT2D eigenvalue weighted by atomic mass is 28.3. The van der Waals surface area contributed by atoms with Crippen LogP contribution >= 0.6 is 0 Å². The molecule has 0 radical (unpaired) electrons. The van der Waals surface area contributed by atoms with Crippen molar-refractivity contribution >= 4 is 14.0 Å². The number of esters is 1. The highest BCUT2D eigenvalue weighted by molar-refractivity contribution is 6.76. The predicted molar refractivity (Wildman–Crippen MR) is 141 cm³/mol. The Labute approximate surface area is 221 Å². The number of benzene rings is 1. The van der Waals surface area contributed by atoms with Crippen molar-refractivity contribution in [3.8, 4) is 0 Å². The maximum Gasteiger partial charge on any atom is 0.334 e. The number of carbonyl (C=O) groups is 1.